The van der Waals surface area contributed by atoms with E-state index in [1.165, 1.54) is 38.4 Å². The molecule has 188 valence electrons. The lowest BCUT2D eigenvalue weighted by atomic mass is 10.1. The van der Waals surface area contributed by atoms with Crippen molar-refractivity contribution in [3.05, 3.63) is 42.0 Å². The van der Waals surface area contributed by atoms with Crippen LogP contribution in [0.25, 0.3) is 0 Å². The molecule has 2 aromatic carbocycles. The Balaban J connectivity index is 1.36. The Bertz CT molecular complexity index is 1010. The molecular formula is C26H33N3O5S. The second kappa shape index (κ2) is 11.7. The quantitative estimate of drug-likeness (QED) is 0.567. The molecule has 2 saturated heterocycles. The van der Waals surface area contributed by atoms with Gasteiger partial charge in [-0.1, -0.05) is 12.1 Å². The molecule has 0 radical (unpaired) electrons. The van der Waals surface area contributed by atoms with Gasteiger partial charge >= 0.3 is 0 Å². The fraction of sp³-hybridized carbons (Fsp3) is 0.462. The van der Waals surface area contributed by atoms with Gasteiger partial charge in [-0.2, -0.15) is 11.8 Å². The van der Waals surface area contributed by atoms with Crippen molar-refractivity contribution in [3.8, 4) is 17.2 Å². The van der Waals surface area contributed by atoms with Gasteiger partial charge in [0.15, 0.2) is 11.5 Å². The van der Waals surface area contributed by atoms with Crippen LogP contribution in [0, 0.1) is 5.92 Å². The van der Waals surface area contributed by atoms with Crippen molar-refractivity contribution < 1.29 is 23.8 Å². The summed E-state index contributed by atoms with van der Waals surface area (Å²) in [6.45, 7) is 3.67. The van der Waals surface area contributed by atoms with Gasteiger partial charge in [0.05, 0.1) is 32.9 Å². The van der Waals surface area contributed by atoms with Crippen molar-refractivity contribution in [2.45, 2.75) is 12.8 Å². The third kappa shape index (κ3) is 6.02. The zero-order valence-electron chi connectivity index (χ0n) is 20.5. The lowest BCUT2D eigenvalue weighted by Gasteiger charge is -2.26. The molecule has 8 nitrogen and oxygen atoms in total. The maximum absolute atomic E-state index is 12.9. The molecular weight excluding hydrogens is 466 g/mol. The standard InChI is InChI=1S/C26H33N3O5S/c1-32-22-15-21(16-23(33-2)25(22)34-3)29-17-19(14-24(29)30)26(31)27-20-6-4-18(5-7-20)8-9-28-10-12-35-13-11-28/h4-7,15-16,19H,8-14,17H2,1-3H3,(H,27,31). The zero-order valence-corrected chi connectivity index (χ0v) is 21.4. The summed E-state index contributed by atoms with van der Waals surface area (Å²) >= 11 is 2.02. The van der Waals surface area contributed by atoms with E-state index in [0.29, 0.717) is 22.9 Å². The number of amides is 2. The molecule has 0 spiro atoms. The topological polar surface area (TPSA) is 80.3 Å². The van der Waals surface area contributed by atoms with Crippen molar-refractivity contribution in [2.24, 2.45) is 5.92 Å². The van der Waals surface area contributed by atoms with Gasteiger partial charge in [-0.3, -0.25) is 9.59 Å². The van der Waals surface area contributed by atoms with Crippen molar-refractivity contribution in [1.29, 1.82) is 0 Å². The van der Waals surface area contributed by atoms with E-state index in [-0.39, 0.29) is 24.8 Å². The van der Waals surface area contributed by atoms with E-state index in [9.17, 15) is 9.59 Å². The molecule has 2 heterocycles. The minimum atomic E-state index is -0.446. The van der Waals surface area contributed by atoms with E-state index in [2.05, 4.69) is 22.3 Å². The van der Waals surface area contributed by atoms with Crippen LogP contribution in [-0.4, -0.2) is 75.7 Å². The fourth-order valence-corrected chi connectivity index (χ4v) is 5.45. The van der Waals surface area contributed by atoms with Gasteiger partial charge in [-0.25, -0.2) is 0 Å². The summed E-state index contributed by atoms with van der Waals surface area (Å²) in [5.41, 5.74) is 2.61. The number of nitrogens with one attached hydrogen (secondary N) is 1. The SMILES string of the molecule is COc1cc(N2CC(C(=O)Nc3ccc(CCN4CCSCC4)cc3)CC2=O)cc(OC)c1OC. The van der Waals surface area contributed by atoms with E-state index in [1.807, 2.05) is 23.9 Å². The second-order valence-corrected chi connectivity index (χ2v) is 9.90. The van der Waals surface area contributed by atoms with E-state index in [4.69, 9.17) is 14.2 Å². The van der Waals surface area contributed by atoms with Gasteiger partial charge in [-0.15, -0.1) is 0 Å². The van der Waals surface area contributed by atoms with Crippen LogP contribution in [0.2, 0.25) is 0 Å². The molecule has 0 aliphatic carbocycles. The molecule has 1 atom stereocenters. The van der Waals surface area contributed by atoms with Gasteiger partial charge in [0, 0.05) is 61.9 Å². The summed E-state index contributed by atoms with van der Waals surface area (Å²) in [4.78, 5) is 29.8. The van der Waals surface area contributed by atoms with Crippen molar-refractivity contribution in [3.63, 3.8) is 0 Å². The van der Waals surface area contributed by atoms with Gasteiger partial charge in [0.25, 0.3) is 0 Å². The van der Waals surface area contributed by atoms with E-state index >= 15 is 0 Å². The van der Waals surface area contributed by atoms with Crippen LogP contribution in [0.5, 0.6) is 17.2 Å². The summed E-state index contributed by atoms with van der Waals surface area (Å²) in [6.07, 6.45) is 1.15. The summed E-state index contributed by atoms with van der Waals surface area (Å²) in [6, 6.07) is 11.5. The number of hydrogen-bond donors (Lipinski definition) is 1. The number of rotatable bonds is 9. The van der Waals surface area contributed by atoms with Gasteiger partial charge in [0.1, 0.15) is 0 Å². The number of nitrogens with zero attached hydrogens (tertiary/aromatic N) is 2. The lowest BCUT2D eigenvalue weighted by Crippen LogP contribution is -2.34. The van der Waals surface area contributed by atoms with Crippen molar-refractivity contribution in [2.75, 3.05) is 69.2 Å². The Morgan fingerprint density at radius 3 is 2.29 bits per heavy atom. The monoisotopic (exact) mass is 499 g/mol. The van der Waals surface area contributed by atoms with E-state index in [1.54, 1.807) is 17.0 Å². The second-order valence-electron chi connectivity index (χ2n) is 8.68. The first-order chi connectivity index (χ1) is 17.0. The number of carbonyl (C=O) groups is 2. The molecule has 2 aliphatic heterocycles. The van der Waals surface area contributed by atoms with Crippen LogP contribution < -0.4 is 24.4 Å². The molecule has 9 heteroatoms. The highest BCUT2D eigenvalue weighted by Gasteiger charge is 2.36. The summed E-state index contributed by atoms with van der Waals surface area (Å²) in [7, 11) is 4.59. The number of methoxy groups -OCH3 is 3. The molecule has 1 unspecified atom stereocenters. The highest BCUT2D eigenvalue weighted by atomic mass is 32.2. The summed E-state index contributed by atoms with van der Waals surface area (Å²) < 4.78 is 16.2. The van der Waals surface area contributed by atoms with E-state index in [0.717, 1.165) is 31.7 Å². The minimum absolute atomic E-state index is 0.120. The Kier molecular flexibility index (Phi) is 8.41. The highest BCUT2D eigenvalue weighted by molar-refractivity contribution is 7.99. The van der Waals surface area contributed by atoms with Gasteiger partial charge < -0.3 is 29.3 Å². The number of benzene rings is 2. The van der Waals surface area contributed by atoms with Crippen molar-refractivity contribution in [1.82, 2.24) is 4.90 Å². The van der Waals surface area contributed by atoms with Crippen LogP contribution in [0.4, 0.5) is 11.4 Å². The average molecular weight is 500 g/mol. The third-order valence-corrected chi connectivity index (χ3v) is 7.44. The number of anilines is 2. The Hall–Kier alpha value is -2.91. The first-order valence-electron chi connectivity index (χ1n) is 11.8. The van der Waals surface area contributed by atoms with Gasteiger partial charge in [-0.05, 0) is 24.1 Å². The maximum Gasteiger partial charge on any atom is 0.229 e. The van der Waals surface area contributed by atoms with E-state index < -0.39 is 5.92 Å². The molecule has 35 heavy (non-hydrogen) atoms. The molecule has 0 saturated carbocycles. The normalized spacial score (nSPS) is 18.4. The summed E-state index contributed by atoms with van der Waals surface area (Å²) in [5, 5.41) is 2.97. The first-order valence-corrected chi connectivity index (χ1v) is 13.0. The number of ether oxygens (including phenoxy) is 3. The number of carbonyl (C=O) groups excluding carboxylic acids is 2. The third-order valence-electron chi connectivity index (χ3n) is 6.50. The highest BCUT2D eigenvalue weighted by Crippen LogP contribution is 2.42. The number of hydrogen-bond acceptors (Lipinski definition) is 7. The average Bonchev–Trinajstić information content (AvgIpc) is 3.29. The molecule has 2 aromatic rings. The largest absolute Gasteiger partial charge is 0.493 e. The number of thioether (sulfide) groups is 1. The predicted octanol–water partition coefficient (Wildman–Crippen LogP) is 3.30. The minimum Gasteiger partial charge on any atom is -0.493 e. The summed E-state index contributed by atoms with van der Waals surface area (Å²) in [5.74, 6) is 3.08. The fourth-order valence-electron chi connectivity index (χ4n) is 4.47. The first kappa shape index (κ1) is 25.2. The lowest BCUT2D eigenvalue weighted by molar-refractivity contribution is -0.122. The van der Waals surface area contributed by atoms with Gasteiger partial charge in [0.2, 0.25) is 17.6 Å². The smallest absolute Gasteiger partial charge is 0.229 e. The molecule has 2 amide bonds. The molecule has 2 fully saturated rings. The van der Waals surface area contributed by atoms with Crippen LogP contribution in [0.1, 0.15) is 12.0 Å². The molecule has 0 aromatic heterocycles. The molecule has 0 bridgehead atoms. The Morgan fingerprint density at radius 2 is 1.69 bits per heavy atom. The van der Waals surface area contributed by atoms with Crippen LogP contribution in [-0.2, 0) is 16.0 Å². The molecule has 2 aliphatic rings. The van der Waals surface area contributed by atoms with Crippen LogP contribution >= 0.6 is 11.8 Å². The predicted molar refractivity (Wildman–Crippen MR) is 139 cm³/mol. The molecule has 4 rings (SSSR count). The maximum atomic E-state index is 12.9. The van der Waals surface area contributed by atoms with Crippen LogP contribution in [0.15, 0.2) is 36.4 Å². The van der Waals surface area contributed by atoms with Crippen LogP contribution in [0.3, 0.4) is 0 Å². The Labute approximate surface area is 210 Å². The van der Waals surface area contributed by atoms with Crippen molar-refractivity contribution >= 4 is 35.0 Å². The Morgan fingerprint density at radius 1 is 1.03 bits per heavy atom. The zero-order chi connectivity index (χ0) is 24.8. The molecule has 1 N–H and O–H groups in total.